The van der Waals surface area contributed by atoms with Crippen molar-refractivity contribution in [2.24, 2.45) is 0 Å². The molecule has 2 fully saturated rings. The van der Waals surface area contributed by atoms with Crippen LogP contribution in [0.5, 0.6) is 0 Å². The van der Waals surface area contributed by atoms with Crippen molar-refractivity contribution in [3.05, 3.63) is 0 Å². The molecule has 1 aliphatic carbocycles. The van der Waals surface area contributed by atoms with Gasteiger partial charge in [-0.3, -0.25) is 4.79 Å². The Kier molecular flexibility index (Phi) is 10.1. The average molecular weight is 361 g/mol. The second-order valence-corrected chi connectivity index (χ2v) is 6.98. The Morgan fingerprint density at radius 1 is 1.04 bits per heavy atom. The van der Waals surface area contributed by atoms with Crippen LogP contribution in [-0.4, -0.2) is 43.2 Å². The first kappa shape index (κ1) is 21.0. The second-order valence-electron chi connectivity index (χ2n) is 6.98. The highest BCUT2D eigenvalue weighted by Gasteiger charge is 2.19. The van der Waals surface area contributed by atoms with Crippen molar-refractivity contribution in [1.29, 1.82) is 0 Å². The largest absolute Gasteiger partial charge is 0.353 e. The van der Waals surface area contributed by atoms with Gasteiger partial charge in [0, 0.05) is 31.1 Å². The predicted octanol–water partition coefficient (Wildman–Crippen LogP) is 2.08. The standard InChI is InChI=1S/C17H32N4O2.ClH/c1-13-12-15(9-11-18-13)20-16(22)8-5-10-19-17(23)21-14-6-3-2-4-7-14;/h13-15,18H,2-12H2,1H3,(H,20,22)(H2,19,21,23);1H. The van der Waals surface area contributed by atoms with Gasteiger partial charge in [-0.15, -0.1) is 12.4 Å². The van der Waals surface area contributed by atoms with Gasteiger partial charge >= 0.3 is 6.03 Å². The molecule has 0 aromatic heterocycles. The van der Waals surface area contributed by atoms with E-state index >= 15 is 0 Å². The average Bonchev–Trinajstić information content (AvgIpc) is 2.52. The second kappa shape index (κ2) is 11.5. The molecular weight excluding hydrogens is 328 g/mol. The van der Waals surface area contributed by atoms with E-state index in [9.17, 15) is 9.59 Å². The molecule has 2 atom stereocenters. The lowest BCUT2D eigenvalue weighted by molar-refractivity contribution is -0.122. The Morgan fingerprint density at radius 3 is 2.50 bits per heavy atom. The summed E-state index contributed by atoms with van der Waals surface area (Å²) in [6.45, 7) is 3.66. The molecule has 140 valence electrons. The van der Waals surface area contributed by atoms with Crippen molar-refractivity contribution in [3.63, 3.8) is 0 Å². The molecule has 1 saturated carbocycles. The highest BCUT2D eigenvalue weighted by Crippen LogP contribution is 2.17. The van der Waals surface area contributed by atoms with Gasteiger partial charge in [-0.25, -0.2) is 4.79 Å². The van der Waals surface area contributed by atoms with E-state index in [4.69, 9.17) is 0 Å². The van der Waals surface area contributed by atoms with Crippen LogP contribution in [-0.2, 0) is 4.79 Å². The Balaban J connectivity index is 0.00000288. The van der Waals surface area contributed by atoms with Gasteiger partial charge in [0.2, 0.25) is 5.91 Å². The number of halogens is 1. The number of carbonyl (C=O) groups excluding carboxylic acids is 2. The molecule has 0 bridgehead atoms. The van der Waals surface area contributed by atoms with E-state index in [1.807, 2.05) is 0 Å². The third-order valence-corrected chi connectivity index (χ3v) is 4.80. The van der Waals surface area contributed by atoms with Gasteiger partial charge in [0.25, 0.3) is 0 Å². The number of rotatable bonds is 6. The fraction of sp³-hybridized carbons (Fsp3) is 0.882. The molecule has 0 spiro atoms. The zero-order valence-electron chi connectivity index (χ0n) is 14.7. The van der Waals surface area contributed by atoms with Gasteiger partial charge in [-0.05, 0) is 45.6 Å². The lowest BCUT2D eigenvalue weighted by atomic mass is 9.96. The minimum Gasteiger partial charge on any atom is -0.353 e. The maximum absolute atomic E-state index is 11.9. The molecule has 0 radical (unpaired) electrons. The number of hydrogen-bond acceptors (Lipinski definition) is 3. The van der Waals surface area contributed by atoms with Crippen LogP contribution in [0.3, 0.4) is 0 Å². The molecule has 1 heterocycles. The van der Waals surface area contributed by atoms with Crippen LogP contribution < -0.4 is 21.3 Å². The van der Waals surface area contributed by atoms with Crippen molar-refractivity contribution >= 4 is 24.3 Å². The Hall–Kier alpha value is -1.01. The van der Waals surface area contributed by atoms with Crippen LogP contribution in [0.25, 0.3) is 0 Å². The van der Waals surface area contributed by atoms with Crippen molar-refractivity contribution < 1.29 is 9.59 Å². The molecule has 3 amide bonds. The summed E-state index contributed by atoms with van der Waals surface area (Å²) in [6.07, 6.45) is 9.03. The third kappa shape index (κ3) is 8.20. The fourth-order valence-corrected chi connectivity index (χ4v) is 3.50. The normalized spacial score (nSPS) is 24.5. The SMILES string of the molecule is CC1CC(NC(=O)CCCNC(=O)NC2CCCCC2)CCN1.Cl. The van der Waals surface area contributed by atoms with Crippen LogP contribution in [0.2, 0.25) is 0 Å². The monoisotopic (exact) mass is 360 g/mol. The topological polar surface area (TPSA) is 82.3 Å². The molecule has 1 saturated heterocycles. The van der Waals surface area contributed by atoms with Crippen molar-refractivity contribution in [2.75, 3.05) is 13.1 Å². The Bertz CT molecular complexity index is 389. The number of hydrogen-bond donors (Lipinski definition) is 4. The van der Waals surface area contributed by atoms with Crippen LogP contribution in [0.15, 0.2) is 0 Å². The van der Waals surface area contributed by atoms with Gasteiger partial charge < -0.3 is 21.3 Å². The van der Waals surface area contributed by atoms with E-state index < -0.39 is 0 Å². The molecule has 24 heavy (non-hydrogen) atoms. The Morgan fingerprint density at radius 2 is 1.79 bits per heavy atom. The van der Waals surface area contributed by atoms with Crippen molar-refractivity contribution in [3.8, 4) is 0 Å². The number of carbonyl (C=O) groups is 2. The van der Waals surface area contributed by atoms with Crippen LogP contribution >= 0.6 is 12.4 Å². The lowest BCUT2D eigenvalue weighted by Gasteiger charge is -2.28. The first-order valence-corrected chi connectivity index (χ1v) is 9.20. The summed E-state index contributed by atoms with van der Waals surface area (Å²) in [6, 6.07) is 0.999. The maximum Gasteiger partial charge on any atom is 0.315 e. The van der Waals surface area contributed by atoms with E-state index in [2.05, 4.69) is 28.2 Å². The van der Waals surface area contributed by atoms with E-state index in [1.54, 1.807) is 0 Å². The summed E-state index contributed by atoms with van der Waals surface area (Å²) >= 11 is 0. The lowest BCUT2D eigenvalue weighted by Crippen LogP contribution is -2.46. The number of nitrogens with one attached hydrogen (secondary N) is 4. The molecule has 6 nitrogen and oxygen atoms in total. The summed E-state index contributed by atoms with van der Waals surface area (Å²) in [7, 11) is 0. The third-order valence-electron chi connectivity index (χ3n) is 4.80. The van der Waals surface area contributed by atoms with E-state index in [1.165, 1.54) is 19.3 Å². The summed E-state index contributed by atoms with van der Waals surface area (Å²) < 4.78 is 0. The number of urea groups is 1. The van der Waals surface area contributed by atoms with Gasteiger partial charge in [-0.1, -0.05) is 19.3 Å². The first-order chi connectivity index (χ1) is 11.1. The summed E-state index contributed by atoms with van der Waals surface area (Å²) in [4.78, 5) is 23.7. The van der Waals surface area contributed by atoms with Crippen LogP contribution in [0, 0.1) is 0 Å². The highest BCUT2D eigenvalue weighted by atomic mass is 35.5. The zero-order valence-corrected chi connectivity index (χ0v) is 15.6. The predicted molar refractivity (Wildman–Crippen MR) is 98.5 cm³/mol. The van der Waals surface area contributed by atoms with E-state index in [0.717, 1.165) is 32.2 Å². The van der Waals surface area contributed by atoms with E-state index in [0.29, 0.717) is 37.5 Å². The van der Waals surface area contributed by atoms with Gasteiger partial charge in [0.05, 0.1) is 0 Å². The molecule has 1 aliphatic heterocycles. The smallest absolute Gasteiger partial charge is 0.315 e. The molecule has 2 rings (SSSR count). The quantitative estimate of drug-likeness (QED) is 0.547. The number of piperidine rings is 1. The van der Waals surface area contributed by atoms with Crippen LogP contribution in [0.1, 0.15) is 64.7 Å². The summed E-state index contributed by atoms with van der Waals surface area (Å²) in [5, 5.41) is 12.3. The van der Waals surface area contributed by atoms with Crippen molar-refractivity contribution in [1.82, 2.24) is 21.3 Å². The Labute approximate surface area is 151 Å². The zero-order chi connectivity index (χ0) is 16.5. The van der Waals surface area contributed by atoms with Gasteiger partial charge in [0.15, 0.2) is 0 Å². The van der Waals surface area contributed by atoms with Crippen molar-refractivity contribution in [2.45, 2.75) is 82.8 Å². The molecule has 0 aromatic carbocycles. The minimum absolute atomic E-state index is 0. The molecule has 2 unspecified atom stereocenters. The molecule has 2 aliphatic rings. The fourth-order valence-electron chi connectivity index (χ4n) is 3.50. The molecular formula is C17H33ClN4O2. The molecule has 4 N–H and O–H groups in total. The summed E-state index contributed by atoms with van der Waals surface area (Å²) in [5.41, 5.74) is 0. The summed E-state index contributed by atoms with van der Waals surface area (Å²) in [5.74, 6) is 0.0959. The maximum atomic E-state index is 11.9. The van der Waals surface area contributed by atoms with E-state index in [-0.39, 0.29) is 24.3 Å². The van der Waals surface area contributed by atoms with Gasteiger partial charge in [0.1, 0.15) is 0 Å². The molecule has 7 heteroatoms. The minimum atomic E-state index is -0.0931. The molecule has 0 aromatic rings. The van der Waals surface area contributed by atoms with Crippen LogP contribution in [0.4, 0.5) is 4.79 Å². The number of amides is 3. The first-order valence-electron chi connectivity index (χ1n) is 9.20. The van der Waals surface area contributed by atoms with Gasteiger partial charge in [-0.2, -0.15) is 0 Å². The highest BCUT2D eigenvalue weighted by molar-refractivity contribution is 5.85.